The third-order valence-corrected chi connectivity index (χ3v) is 4.46. The monoisotopic (exact) mass is 276 g/mol. The van der Waals surface area contributed by atoms with Crippen LogP contribution in [-0.2, 0) is 0 Å². The van der Waals surface area contributed by atoms with E-state index in [2.05, 4.69) is 56.9 Å². The molecule has 0 spiro atoms. The minimum absolute atomic E-state index is 0.131. The van der Waals surface area contributed by atoms with E-state index in [-0.39, 0.29) is 6.04 Å². The van der Waals surface area contributed by atoms with Gasteiger partial charge < -0.3 is 10.6 Å². The Labute approximate surface area is 125 Å². The Kier molecular flexibility index (Phi) is 7.86. The highest BCUT2D eigenvalue weighted by molar-refractivity contribution is 5.19. The molecule has 2 unspecified atom stereocenters. The number of nitrogens with two attached hydrogens (primary N) is 1. The lowest BCUT2D eigenvalue weighted by Crippen LogP contribution is -2.36. The first kappa shape index (κ1) is 17.2. The molecular weight excluding hydrogens is 244 g/mol. The van der Waals surface area contributed by atoms with E-state index >= 15 is 0 Å². The van der Waals surface area contributed by atoms with Crippen LogP contribution in [0.1, 0.15) is 52.1 Å². The lowest BCUT2D eigenvalue weighted by Gasteiger charge is -2.30. The minimum Gasteiger partial charge on any atom is -0.324 e. The van der Waals surface area contributed by atoms with Gasteiger partial charge in [-0.15, -0.1) is 0 Å². The predicted octanol–water partition coefficient (Wildman–Crippen LogP) is 4.08. The molecule has 0 aliphatic heterocycles. The Morgan fingerprint density at radius 2 is 1.60 bits per heavy atom. The van der Waals surface area contributed by atoms with Gasteiger partial charge in [0.1, 0.15) is 0 Å². The highest BCUT2D eigenvalue weighted by Gasteiger charge is 2.18. The van der Waals surface area contributed by atoms with Crippen LogP contribution in [-0.4, -0.2) is 24.5 Å². The molecule has 114 valence electrons. The van der Waals surface area contributed by atoms with E-state index in [9.17, 15) is 0 Å². The fraction of sp³-hybridized carbons (Fsp3) is 0.667. The van der Waals surface area contributed by atoms with Crippen molar-refractivity contribution in [3.63, 3.8) is 0 Å². The van der Waals surface area contributed by atoms with E-state index in [0.29, 0.717) is 5.92 Å². The predicted molar refractivity (Wildman–Crippen MR) is 88.7 cm³/mol. The molecule has 0 radical (unpaired) electrons. The van der Waals surface area contributed by atoms with E-state index in [0.717, 1.165) is 19.0 Å². The molecule has 0 bridgehead atoms. The van der Waals surface area contributed by atoms with Crippen molar-refractivity contribution in [2.24, 2.45) is 17.6 Å². The molecule has 0 saturated heterocycles. The molecular formula is C18H32N2. The maximum Gasteiger partial charge on any atom is 0.0333 e. The normalized spacial score (nSPS) is 14.8. The fourth-order valence-electron chi connectivity index (χ4n) is 2.77. The summed E-state index contributed by atoms with van der Waals surface area (Å²) in [5.41, 5.74) is 7.66. The van der Waals surface area contributed by atoms with Gasteiger partial charge in [0.2, 0.25) is 0 Å². The molecule has 0 aromatic heterocycles. The molecule has 1 aromatic carbocycles. The second kappa shape index (κ2) is 9.15. The van der Waals surface area contributed by atoms with Gasteiger partial charge in [-0.2, -0.15) is 0 Å². The Bertz CT molecular complexity index is 346. The Hall–Kier alpha value is -0.860. The van der Waals surface area contributed by atoms with Crippen molar-refractivity contribution in [1.29, 1.82) is 0 Å². The molecule has 0 fully saturated rings. The van der Waals surface area contributed by atoms with Crippen LogP contribution in [0.3, 0.4) is 0 Å². The van der Waals surface area contributed by atoms with Crippen molar-refractivity contribution < 1.29 is 0 Å². The Morgan fingerprint density at radius 3 is 2.10 bits per heavy atom. The van der Waals surface area contributed by atoms with E-state index in [4.69, 9.17) is 5.73 Å². The Balaban J connectivity index is 2.56. The third-order valence-electron chi connectivity index (χ3n) is 4.46. The average Bonchev–Trinajstić information content (AvgIpc) is 2.51. The zero-order chi connectivity index (χ0) is 15.0. The highest BCUT2D eigenvalue weighted by atomic mass is 15.1. The lowest BCUT2D eigenvalue weighted by atomic mass is 9.94. The summed E-state index contributed by atoms with van der Waals surface area (Å²) in [6, 6.07) is 10.6. The van der Waals surface area contributed by atoms with Crippen LogP contribution in [0.25, 0.3) is 0 Å². The quantitative estimate of drug-likeness (QED) is 0.736. The van der Waals surface area contributed by atoms with Crippen LogP contribution in [0, 0.1) is 11.8 Å². The van der Waals surface area contributed by atoms with Crippen LogP contribution in [0.5, 0.6) is 0 Å². The number of rotatable bonds is 9. The van der Waals surface area contributed by atoms with Crippen LogP contribution in [0.2, 0.25) is 0 Å². The number of benzene rings is 1. The second-order valence-electron chi connectivity index (χ2n) is 5.95. The van der Waals surface area contributed by atoms with Crippen molar-refractivity contribution >= 4 is 0 Å². The van der Waals surface area contributed by atoms with Gasteiger partial charge in [-0.05, 0) is 23.9 Å². The molecule has 0 heterocycles. The summed E-state index contributed by atoms with van der Waals surface area (Å²) in [5.74, 6) is 1.29. The summed E-state index contributed by atoms with van der Waals surface area (Å²) in [6.45, 7) is 12.5. The maximum atomic E-state index is 6.41. The van der Waals surface area contributed by atoms with E-state index in [1.807, 2.05) is 6.07 Å². The van der Waals surface area contributed by atoms with Gasteiger partial charge in [-0.1, -0.05) is 70.9 Å². The number of hydrogen-bond acceptors (Lipinski definition) is 2. The standard InChI is InChI=1S/C18H32N2/c1-5-16(6-2)14-20(7-3)13-15(4)18(19)17-11-9-8-10-12-17/h8-12,15-16,18H,5-7,13-14,19H2,1-4H3. The number of hydrogen-bond donors (Lipinski definition) is 1. The summed E-state index contributed by atoms with van der Waals surface area (Å²) in [7, 11) is 0. The second-order valence-corrected chi connectivity index (χ2v) is 5.95. The highest BCUT2D eigenvalue weighted by Crippen LogP contribution is 2.21. The van der Waals surface area contributed by atoms with Gasteiger partial charge in [-0.25, -0.2) is 0 Å². The zero-order valence-electron chi connectivity index (χ0n) is 13.7. The smallest absolute Gasteiger partial charge is 0.0333 e. The molecule has 2 nitrogen and oxygen atoms in total. The SMILES string of the molecule is CCC(CC)CN(CC)CC(C)C(N)c1ccccc1. The van der Waals surface area contributed by atoms with Gasteiger partial charge in [-0.3, -0.25) is 0 Å². The van der Waals surface area contributed by atoms with Crippen molar-refractivity contribution in [2.75, 3.05) is 19.6 Å². The van der Waals surface area contributed by atoms with Gasteiger partial charge in [0.05, 0.1) is 0 Å². The Morgan fingerprint density at radius 1 is 1.00 bits per heavy atom. The molecule has 1 rings (SSSR count). The van der Waals surface area contributed by atoms with Crippen LogP contribution in [0.4, 0.5) is 0 Å². The average molecular weight is 276 g/mol. The topological polar surface area (TPSA) is 29.3 Å². The molecule has 0 aliphatic carbocycles. The summed E-state index contributed by atoms with van der Waals surface area (Å²) in [4.78, 5) is 2.56. The third kappa shape index (κ3) is 5.26. The van der Waals surface area contributed by atoms with Crippen LogP contribution in [0.15, 0.2) is 30.3 Å². The molecule has 20 heavy (non-hydrogen) atoms. The summed E-state index contributed by atoms with van der Waals surface area (Å²) < 4.78 is 0. The molecule has 1 aromatic rings. The zero-order valence-corrected chi connectivity index (χ0v) is 13.7. The first-order chi connectivity index (χ1) is 9.62. The number of nitrogens with zero attached hydrogens (tertiary/aromatic N) is 1. The van der Waals surface area contributed by atoms with Crippen LogP contribution < -0.4 is 5.73 Å². The van der Waals surface area contributed by atoms with Gasteiger partial charge in [0.25, 0.3) is 0 Å². The van der Waals surface area contributed by atoms with E-state index < -0.39 is 0 Å². The first-order valence-corrected chi connectivity index (χ1v) is 8.15. The molecule has 0 amide bonds. The fourth-order valence-corrected chi connectivity index (χ4v) is 2.77. The van der Waals surface area contributed by atoms with E-state index in [1.54, 1.807) is 0 Å². The summed E-state index contributed by atoms with van der Waals surface area (Å²) in [5, 5.41) is 0. The molecule has 2 atom stereocenters. The van der Waals surface area contributed by atoms with E-state index in [1.165, 1.54) is 24.9 Å². The maximum absolute atomic E-state index is 6.41. The molecule has 0 aliphatic rings. The summed E-state index contributed by atoms with van der Waals surface area (Å²) >= 11 is 0. The molecule has 2 heteroatoms. The minimum atomic E-state index is 0.131. The van der Waals surface area contributed by atoms with Gasteiger partial charge in [0.15, 0.2) is 0 Å². The van der Waals surface area contributed by atoms with Crippen LogP contribution >= 0.6 is 0 Å². The first-order valence-electron chi connectivity index (χ1n) is 8.15. The van der Waals surface area contributed by atoms with Crippen molar-refractivity contribution in [1.82, 2.24) is 4.90 Å². The van der Waals surface area contributed by atoms with Crippen molar-refractivity contribution in [3.05, 3.63) is 35.9 Å². The van der Waals surface area contributed by atoms with Crippen molar-refractivity contribution in [2.45, 2.75) is 46.6 Å². The van der Waals surface area contributed by atoms with Gasteiger partial charge >= 0.3 is 0 Å². The molecule has 2 N–H and O–H groups in total. The lowest BCUT2D eigenvalue weighted by molar-refractivity contribution is 0.195. The molecule has 0 saturated carbocycles. The van der Waals surface area contributed by atoms with Crippen molar-refractivity contribution in [3.8, 4) is 0 Å². The largest absolute Gasteiger partial charge is 0.324 e. The van der Waals surface area contributed by atoms with Gasteiger partial charge in [0, 0.05) is 19.1 Å². The summed E-state index contributed by atoms with van der Waals surface area (Å²) in [6.07, 6.45) is 2.54.